The van der Waals surface area contributed by atoms with Gasteiger partial charge in [0.1, 0.15) is 11.7 Å². The number of nitrogens with one attached hydrogen (secondary N) is 2. The number of rotatable bonds is 3. The van der Waals surface area contributed by atoms with E-state index in [9.17, 15) is 9.18 Å². The fraction of sp³-hybridized carbons (Fsp3) is 0.158. The average molecular weight is 364 g/mol. The minimum Gasteiger partial charge on any atom is -0.368 e. The number of nitrogens with zero attached hydrogens (tertiary/aromatic N) is 3. The summed E-state index contributed by atoms with van der Waals surface area (Å²) in [6.07, 6.45) is 1.69. The van der Waals surface area contributed by atoms with Crippen LogP contribution in [0, 0.1) is 11.7 Å². The van der Waals surface area contributed by atoms with Crippen molar-refractivity contribution in [1.82, 2.24) is 10.2 Å². The predicted octanol–water partition coefficient (Wildman–Crippen LogP) is 2.79. The molecule has 2 atom stereocenters. The molecule has 1 aliphatic heterocycles. The molecule has 2 unspecified atom stereocenters. The summed E-state index contributed by atoms with van der Waals surface area (Å²) in [4.78, 5) is 21.5. The zero-order valence-electron chi connectivity index (χ0n) is 14.5. The van der Waals surface area contributed by atoms with E-state index in [0.717, 1.165) is 10.9 Å². The Bertz CT molecular complexity index is 1070. The van der Waals surface area contributed by atoms with Gasteiger partial charge in [-0.25, -0.2) is 14.4 Å². The van der Waals surface area contributed by atoms with Crippen molar-refractivity contribution in [3.05, 3.63) is 60.0 Å². The monoisotopic (exact) mass is 364 g/mol. The predicted molar refractivity (Wildman–Crippen MR) is 102 cm³/mol. The van der Waals surface area contributed by atoms with Gasteiger partial charge in [-0.05, 0) is 42.8 Å². The lowest BCUT2D eigenvalue weighted by atomic mass is 9.88. The summed E-state index contributed by atoms with van der Waals surface area (Å²) in [5.74, 6) is -1.16. The Hall–Kier alpha value is -3.55. The van der Waals surface area contributed by atoms with Crippen molar-refractivity contribution in [3.63, 3.8) is 0 Å². The van der Waals surface area contributed by atoms with Crippen LogP contribution >= 0.6 is 0 Å². The third kappa shape index (κ3) is 3.29. The van der Waals surface area contributed by atoms with E-state index in [1.54, 1.807) is 31.3 Å². The Morgan fingerprint density at radius 2 is 2.00 bits per heavy atom. The van der Waals surface area contributed by atoms with Crippen LogP contribution < -0.4 is 11.1 Å². The van der Waals surface area contributed by atoms with Crippen molar-refractivity contribution >= 4 is 34.2 Å². The maximum absolute atomic E-state index is 13.3. The average Bonchev–Trinajstić information content (AvgIpc) is 3.09. The molecule has 0 aliphatic carbocycles. The van der Waals surface area contributed by atoms with Crippen molar-refractivity contribution in [2.75, 3.05) is 5.32 Å². The van der Waals surface area contributed by atoms with E-state index in [-0.39, 0.29) is 17.7 Å². The van der Waals surface area contributed by atoms with Gasteiger partial charge in [0.25, 0.3) is 0 Å². The standard InChI is InChI=1S/C19H17FN6O/c1-10-16(17(25-19(21)23-10)11-2-4-13(20)5-3-11)18(27)24-14-6-7-15-12(8-14)9-22-26-15/h2-9,16-17H,1H3,(H2,21,25)(H,22,26)(H,24,27). The normalized spacial score (nSPS) is 19.5. The molecular formula is C19H17FN6O. The van der Waals surface area contributed by atoms with Crippen molar-refractivity contribution in [2.45, 2.75) is 13.0 Å². The summed E-state index contributed by atoms with van der Waals surface area (Å²) in [5, 5.41) is 10.6. The molecule has 1 amide bonds. The zero-order chi connectivity index (χ0) is 19.0. The van der Waals surface area contributed by atoms with Gasteiger partial charge >= 0.3 is 0 Å². The van der Waals surface area contributed by atoms with Crippen molar-refractivity contribution in [3.8, 4) is 0 Å². The van der Waals surface area contributed by atoms with Crippen molar-refractivity contribution in [2.24, 2.45) is 21.6 Å². The van der Waals surface area contributed by atoms with Gasteiger partial charge in [-0.1, -0.05) is 12.1 Å². The number of guanidine groups is 1. The van der Waals surface area contributed by atoms with E-state index in [2.05, 4.69) is 25.5 Å². The highest BCUT2D eigenvalue weighted by Crippen LogP contribution is 2.31. The van der Waals surface area contributed by atoms with Gasteiger partial charge in [0.2, 0.25) is 11.9 Å². The van der Waals surface area contributed by atoms with Gasteiger partial charge < -0.3 is 11.1 Å². The van der Waals surface area contributed by atoms with Gasteiger partial charge in [0.15, 0.2) is 0 Å². The van der Waals surface area contributed by atoms with Gasteiger partial charge in [-0.3, -0.25) is 9.89 Å². The first-order chi connectivity index (χ1) is 13.0. The number of hydrogen-bond donors (Lipinski definition) is 3. The maximum atomic E-state index is 13.3. The van der Waals surface area contributed by atoms with E-state index in [0.29, 0.717) is 17.0 Å². The van der Waals surface area contributed by atoms with Crippen LogP contribution in [0.15, 0.2) is 58.6 Å². The number of benzene rings is 2. The highest BCUT2D eigenvalue weighted by atomic mass is 19.1. The number of nitrogens with two attached hydrogens (primary N) is 1. The first kappa shape index (κ1) is 16.9. The van der Waals surface area contributed by atoms with E-state index in [1.807, 2.05) is 12.1 Å². The van der Waals surface area contributed by atoms with Crippen LogP contribution in [0.2, 0.25) is 0 Å². The first-order valence-corrected chi connectivity index (χ1v) is 8.39. The number of fused-ring (bicyclic) bond motifs is 1. The second-order valence-electron chi connectivity index (χ2n) is 6.38. The molecule has 1 aliphatic rings. The molecule has 2 aromatic carbocycles. The van der Waals surface area contributed by atoms with E-state index in [1.165, 1.54) is 12.1 Å². The molecule has 0 radical (unpaired) electrons. The van der Waals surface area contributed by atoms with Crippen LogP contribution in [0.4, 0.5) is 10.1 Å². The smallest absolute Gasteiger partial charge is 0.235 e. The molecule has 0 spiro atoms. The quantitative estimate of drug-likeness (QED) is 0.665. The SMILES string of the molecule is CC1=NC(N)=NC(c2ccc(F)cc2)C1C(=O)Nc1ccc2[nH]ncc2c1. The first-order valence-electron chi connectivity index (χ1n) is 8.39. The second kappa shape index (κ2) is 6.64. The molecule has 0 saturated heterocycles. The van der Waals surface area contributed by atoms with E-state index in [4.69, 9.17) is 5.73 Å². The Morgan fingerprint density at radius 3 is 2.78 bits per heavy atom. The number of hydrogen-bond acceptors (Lipinski definition) is 5. The summed E-state index contributed by atoms with van der Waals surface area (Å²) in [5.41, 5.74) is 8.56. The minimum absolute atomic E-state index is 0.102. The summed E-state index contributed by atoms with van der Waals surface area (Å²) in [6.45, 7) is 1.74. The number of aromatic nitrogens is 2. The molecule has 3 aromatic rings. The van der Waals surface area contributed by atoms with Crippen molar-refractivity contribution < 1.29 is 9.18 Å². The number of carbonyl (C=O) groups excluding carboxylic acids is 1. The Kier molecular flexibility index (Phi) is 4.15. The van der Waals surface area contributed by atoms with Crippen LogP contribution in [0.3, 0.4) is 0 Å². The second-order valence-corrected chi connectivity index (χ2v) is 6.38. The molecular weight excluding hydrogens is 347 g/mol. The van der Waals surface area contributed by atoms with Crippen LogP contribution in [-0.4, -0.2) is 27.8 Å². The Balaban J connectivity index is 1.64. The maximum Gasteiger partial charge on any atom is 0.235 e. The molecule has 4 N–H and O–H groups in total. The summed E-state index contributed by atoms with van der Waals surface area (Å²) >= 11 is 0. The molecule has 2 heterocycles. The van der Waals surface area contributed by atoms with E-state index >= 15 is 0 Å². The summed E-state index contributed by atoms with van der Waals surface area (Å²) in [6, 6.07) is 10.8. The van der Waals surface area contributed by atoms with Crippen LogP contribution in [-0.2, 0) is 4.79 Å². The molecule has 27 heavy (non-hydrogen) atoms. The molecule has 1 aromatic heterocycles. The lowest BCUT2D eigenvalue weighted by molar-refractivity contribution is -0.118. The van der Waals surface area contributed by atoms with Crippen LogP contribution in [0.5, 0.6) is 0 Å². The highest BCUT2D eigenvalue weighted by Gasteiger charge is 2.35. The fourth-order valence-corrected chi connectivity index (χ4v) is 3.23. The molecule has 0 saturated carbocycles. The molecule has 0 fully saturated rings. The van der Waals surface area contributed by atoms with Gasteiger partial charge in [-0.2, -0.15) is 5.10 Å². The van der Waals surface area contributed by atoms with E-state index < -0.39 is 12.0 Å². The molecule has 7 nitrogen and oxygen atoms in total. The third-order valence-electron chi connectivity index (χ3n) is 4.53. The van der Waals surface area contributed by atoms with Crippen LogP contribution in [0.1, 0.15) is 18.5 Å². The van der Waals surface area contributed by atoms with Gasteiger partial charge in [-0.15, -0.1) is 0 Å². The highest BCUT2D eigenvalue weighted by molar-refractivity contribution is 6.13. The lowest BCUT2D eigenvalue weighted by Gasteiger charge is -2.27. The number of halogens is 1. The lowest BCUT2D eigenvalue weighted by Crippen LogP contribution is -2.37. The number of anilines is 1. The van der Waals surface area contributed by atoms with Gasteiger partial charge in [0, 0.05) is 16.8 Å². The Morgan fingerprint density at radius 1 is 1.22 bits per heavy atom. The number of amides is 1. The number of H-pyrrole nitrogens is 1. The minimum atomic E-state index is -0.650. The van der Waals surface area contributed by atoms with Crippen molar-refractivity contribution in [1.29, 1.82) is 0 Å². The molecule has 136 valence electrons. The topological polar surface area (TPSA) is 109 Å². The molecule has 0 bridgehead atoms. The van der Waals surface area contributed by atoms with Gasteiger partial charge in [0.05, 0.1) is 17.8 Å². The molecule has 4 rings (SSSR count). The third-order valence-corrected chi connectivity index (χ3v) is 4.53. The summed E-state index contributed by atoms with van der Waals surface area (Å²) < 4.78 is 13.3. The van der Waals surface area contributed by atoms with Crippen LogP contribution in [0.25, 0.3) is 10.9 Å². The number of aliphatic imine (C=N–C) groups is 2. The molecule has 8 heteroatoms. The fourth-order valence-electron chi connectivity index (χ4n) is 3.23. The zero-order valence-corrected chi connectivity index (χ0v) is 14.5. The largest absolute Gasteiger partial charge is 0.368 e. The number of aromatic amines is 1. The summed E-state index contributed by atoms with van der Waals surface area (Å²) in [7, 11) is 0. The Labute approximate surface area is 154 Å². The number of carbonyl (C=O) groups is 1.